The number of hydrogen-bond acceptors (Lipinski definition) is 6. The first kappa shape index (κ1) is 21.1. The van der Waals surface area contributed by atoms with Crippen LogP contribution in [0.3, 0.4) is 0 Å². The second-order valence-electron chi connectivity index (χ2n) is 4.46. The van der Waals surface area contributed by atoms with Crippen LogP contribution in [0.2, 0.25) is 0 Å². The van der Waals surface area contributed by atoms with Crippen LogP contribution in [0.1, 0.15) is 38.5 Å². The predicted octanol–water partition coefficient (Wildman–Crippen LogP) is -0.945. The third-order valence-electron chi connectivity index (χ3n) is 2.57. The van der Waals surface area contributed by atoms with Crippen molar-refractivity contribution in [3.05, 3.63) is 0 Å². The van der Waals surface area contributed by atoms with E-state index in [1.54, 1.807) is 0 Å². The molecule has 0 spiro atoms. The largest absolute Gasteiger partial charge is 0.480 e. The van der Waals surface area contributed by atoms with Crippen molar-refractivity contribution in [2.24, 2.45) is 22.9 Å². The molecule has 10 N–H and O–H groups in total. The Morgan fingerprint density at radius 1 is 0.750 bits per heavy atom. The van der Waals surface area contributed by atoms with Crippen molar-refractivity contribution in [2.75, 3.05) is 13.1 Å². The van der Waals surface area contributed by atoms with Crippen LogP contribution in [-0.4, -0.2) is 47.3 Å². The van der Waals surface area contributed by atoms with Crippen molar-refractivity contribution in [1.82, 2.24) is 0 Å². The van der Waals surface area contributed by atoms with Crippen molar-refractivity contribution in [2.45, 2.75) is 50.6 Å². The molecule has 0 radical (unpaired) electrons. The molecular formula is C12H28N4O4. The molecule has 0 bridgehead atoms. The molecule has 0 heterocycles. The van der Waals surface area contributed by atoms with Gasteiger partial charge in [-0.1, -0.05) is 12.8 Å². The lowest BCUT2D eigenvalue weighted by Crippen LogP contribution is -2.29. The molecule has 0 aromatic heterocycles. The van der Waals surface area contributed by atoms with Gasteiger partial charge in [0.2, 0.25) is 0 Å². The molecule has 0 saturated carbocycles. The van der Waals surface area contributed by atoms with Crippen LogP contribution in [0.4, 0.5) is 0 Å². The van der Waals surface area contributed by atoms with Crippen molar-refractivity contribution in [3.8, 4) is 0 Å². The number of carboxylic acid groups (broad SMARTS) is 2. The smallest absolute Gasteiger partial charge is 0.320 e. The lowest BCUT2D eigenvalue weighted by Gasteiger charge is -2.03. The molecule has 8 nitrogen and oxygen atoms in total. The molecule has 0 saturated heterocycles. The minimum Gasteiger partial charge on any atom is -0.480 e. The van der Waals surface area contributed by atoms with Gasteiger partial charge in [-0.3, -0.25) is 9.59 Å². The molecule has 8 heteroatoms. The fraction of sp³-hybridized carbons (Fsp3) is 0.833. The normalized spacial score (nSPS) is 13.0. The SMILES string of the molecule is NCCCCC(N)C(=O)O.NCCCCC(N)C(=O)O. The lowest BCUT2D eigenvalue weighted by atomic mass is 10.1. The second kappa shape index (κ2) is 14.2. The first-order chi connectivity index (χ1) is 9.36. The Morgan fingerprint density at radius 3 is 1.25 bits per heavy atom. The molecule has 2 atom stereocenters. The molecule has 0 fully saturated rings. The monoisotopic (exact) mass is 292 g/mol. The Kier molecular flexibility index (Phi) is 15.0. The minimum absolute atomic E-state index is 0.520. The van der Waals surface area contributed by atoms with E-state index in [2.05, 4.69) is 0 Å². The van der Waals surface area contributed by atoms with Gasteiger partial charge in [-0.05, 0) is 38.8 Å². The summed E-state index contributed by atoms with van der Waals surface area (Å²) in [6, 6.07) is -1.43. The maximum atomic E-state index is 10.1. The average Bonchev–Trinajstić information content (AvgIpc) is 2.39. The van der Waals surface area contributed by atoms with Gasteiger partial charge < -0.3 is 33.1 Å². The Labute approximate surface area is 119 Å². The summed E-state index contributed by atoms with van der Waals surface area (Å²) < 4.78 is 0. The molecule has 0 aliphatic carbocycles. The maximum Gasteiger partial charge on any atom is 0.320 e. The van der Waals surface area contributed by atoms with Crippen LogP contribution in [0.25, 0.3) is 0 Å². The van der Waals surface area contributed by atoms with Crippen LogP contribution in [-0.2, 0) is 9.59 Å². The van der Waals surface area contributed by atoms with E-state index in [-0.39, 0.29) is 0 Å². The second-order valence-corrected chi connectivity index (χ2v) is 4.46. The fourth-order valence-corrected chi connectivity index (χ4v) is 1.26. The maximum absolute atomic E-state index is 10.1. The molecule has 0 aromatic carbocycles. The van der Waals surface area contributed by atoms with Gasteiger partial charge in [-0.2, -0.15) is 0 Å². The molecule has 0 aliphatic heterocycles. The number of nitrogens with two attached hydrogens (primary N) is 4. The van der Waals surface area contributed by atoms with E-state index in [0.29, 0.717) is 25.9 Å². The molecule has 2 unspecified atom stereocenters. The number of aliphatic carboxylic acids is 2. The van der Waals surface area contributed by atoms with E-state index < -0.39 is 24.0 Å². The standard InChI is InChI=1S/2C6H14N2O2/c2*7-4-2-1-3-5(8)6(9)10/h2*5H,1-4,7-8H2,(H,9,10). The van der Waals surface area contributed by atoms with Crippen molar-refractivity contribution >= 4 is 11.9 Å². The van der Waals surface area contributed by atoms with Gasteiger partial charge in [0.05, 0.1) is 0 Å². The summed E-state index contributed by atoms with van der Waals surface area (Å²) in [5.41, 5.74) is 20.8. The summed E-state index contributed by atoms with van der Waals surface area (Å²) >= 11 is 0. The van der Waals surface area contributed by atoms with Gasteiger partial charge in [0.25, 0.3) is 0 Å². The van der Waals surface area contributed by atoms with Crippen LogP contribution in [0, 0.1) is 0 Å². The molecule has 120 valence electrons. The first-order valence-electron chi connectivity index (χ1n) is 6.73. The highest BCUT2D eigenvalue weighted by atomic mass is 16.4. The Hall–Kier alpha value is -1.22. The zero-order valence-corrected chi connectivity index (χ0v) is 11.8. The van der Waals surface area contributed by atoms with E-state index in [1.165, 1.54) is 0 Å². The van der Waals surface area contributed by atoms with Gasteiger partial charge in [0, 0.05) is 0 Å². The van der Waals surface area contributed by atoms with Gasteiger partial charge in [-0.15, -0.1) is 0 Å². The number of carboxylic acids is 2. The van der Waals surface area contributed by atoms with E-state index in [1.807, 2.05) is 0 Å². The Bertz CT molecular complexity index is 238. The van der Waals surface area contributed by atoms with Gasteiger partial charge >= 0.3 is 11.9 Å². The first-order valence-corrected chi connectivity index (χ1v) is 6.73. The molecular weight excluding hydrogens is 264 g/mol. The summed E-state index contributed by atoms with van der Waals surface area (Å²) in [7, 11) is 0. The molecule has 0 aliphatic rings. The van der Waals surface area contributed by atoms with Crippen LogP contribution in [0.5, 0.6) is 0 Å². The summed E-state index contributed by atoms with van der Waals surface area (Å²) in [6.07, 6.45) is 4.33. The third kappa shape index (κ3) is 14.8. The van der Waals surface area contributed by atoms with E-state index in [0.717, 1.165) is 25.7 Å². The highest BCUT2D eigenvalue weighted by molar-refractivity contribution is 5.73. The number of rotatable bonds is 10. The van der Waals surface area contributed by atoms with Crippen molar-refractivity contribution in [3.63, 3.8) is 0 Å². The molecule has 0 amide bonds. The fourth-order valence-electron chi connectivity index (χ4n) is 1.26. The van der Waals surface area contributed by atoms with Gasteiger partial charge in [-0.25, -0.2) is 0 Å². The average molecular weight is 292 g/mol. The summed E-state index contributed by atoms with van der Waals surface area (Å²) in [5.74, 6) is -1.87. The Balaban J connectivity index is 0. The zero-order chi connectivity index (χ0) is 16.0. The Morgan fingerprint density at radius 2 is 1.05 bits per heavy atom. The quantitative estimate of drug-likeness (QED) is 0.279. The summed E-state index contributed by atoms with van der Waals surface area (Å²) in [4.78, 5) is 20.3. The van der Waals surface area contributed by atoms with Gasteiger partial charge in [0.1, 0.15) is 12.1 Å². The van der Waals surface area contributed by atoms with Crippen molar-refractivity contribution in [1.29, 1.82) is 0 Å². The van der Waals surface area contributed by atoms with Crippen LogP contribution in [0.15, 0.2) is 0 Å². The summed E-state index contributed by atoms with van der Waals surface area (Å²) in [5, 5.41) is 16.7. The molecule has 0 rings (SSSR count). The lowest BCUT2D eigenvalue weighted by molar-refractivity contribution is -0.139. The topological polar surface area (TPSA) is 179 Å². The number of hydrogen-bond donors (Lipinski definition) is 6. The van der Waals surface area contributed by atoms with Crippen molar-refractivity contribution < 1.29 is 19.8 Å². The zero-order valence-electron chi connectivity index (χ0n) is 11.8. The van der Waals surface area contributed by atoms with E-state index in [9.17, 15) is 9.59 Å². The van der Waals surface area contributed by atoms with Gasteiger partial charge in [0.15, 0.2) is 0 Å². The highest BCUT2D eigenvalue weighted by Crippen LogP contribution is 1.97. The van der Waals surface area contributed by atoms with Crippen LogP contribution >= 0.6 is 0 Å². The highest BCUT2D eigenvalue weighted by Gasteiger charge is 2.09. The summed E-state index contributed by atoms with van der Waals surface area (Å²) in [6.45, 7) is 1.21. The van der Waals surface area contributed by atoms with Crippen LogP contribution < -0.4 is 22.9 Å². The van der Waals surface area contributed by atoms with E-state index >= 15 is 0 Å². The van der Waals surface area contributed by atoms with E-state index in [4.69, 9.17) is 33.1 Å². The molecule has 0 aromatic rings. The number of carbonyl (C=O) groups is 2. The third-order valence-corrected chi connectivity index (χ3v) is 2.57. The number of unbranched alkanes of at least 4 members (excludes halogenated alkanes) is 2. The minimum atomic E-state index is -0.933. The predicted molar refractivity (Wildman–Crippen MR) is 77.0 cm³/mol. The molecule has 20 heavy (non-hydrogen) atoms.